The highest BCUT2D eigenvalue weighted by molar-refractivity contribution is 6.10. The Kier molecular flexibility index (Phi) is 33.2. The first-order valence-corrected chi connectivity index (χ1v) is 20.1. The SMILES string of the molecule is CCCCCCCC/C=C\CCCCCCCC(=O)C(O)(CCCCC)C(=O)CCCCCCC/C=C\CCCCCCCC. The van der Waals surface area contributed by atoms with Crippen LogP contribution in [0.1, 0.15) is 226 Å². The summed E-state index contributed by atoms with van der Waals surface area (Å²) in [5.41, 5.74) is -1.75. The molecule has 0 amide bonds. The number of Topliss-reactive ketones (excluding diaryl/α,β-unsaturated/α-hetero) is 2. The van der Waals surface area contributed by atoms with Crippen LogP contribution in [0.25, 0.3) is 0 Å². The molecule has 0 bridgehead atoms. The predicted octanol–water partition coefficient (Wildman–Crippen LogP) is 13.5. The lowest BCUT2D eigenvalue weighted by Crippen LogP contribution is -2.46. The van der Waals surface area contributed by atoms with Gasteiger partial charge in [-0.25, -0.2) is 0 Å². The summed E-state index contributed by atoms with van der Waals surface area (Å²) in [5.74, 6) is -0.456. The van der Waals surface area contributed by atoms with Gasteiger partial charge in [0.05, 0.1) is 0 Å². The van der Waals surface area contributed by atoms with Gasteiger partial charge in [-0.1, -0.05) is 161 Å². The number of hydrogen-bond acceptors (Lipinski definition) is 3. The zero-order chi connectivity index (χ0) is 33.1. The summed E-state index contributed by atoms with van der Waals surface area (Å²) in [7, 11) is 0. The van der Waals surface area contributed by atoms with Crippen LogP contribution >= 0.6 is 0 Å². The molecule has 0 aromatic carbocycles. The Hall–Kier alpha value is -1.22. The number of rotatable bonds is 36. The molecule has 0 rings (SSSR count). The second kappa shape index (κ2) is 34.1. The van der Waals surface area contributed by atoms with Crippen LogP contribution in [0.2, 0.25) is 0 Å². The molecule has 3 heteroatoms. The number of hydrogen-bond donors (Lipinski definition) is 1. The second-order valence-electron chi connectivity index (χ2n) is 13.8. The maximum Gasteiger partial charge on any atom is 0.181 e. The van der Waals surface area contributed by atoms with E-state index in [1.165, 1.54) is 116 Å². The molecule has 0 aliphatic carbocycles. The van der Waals surface area contributed by atoms with Gasteiger partial charge in [-0.3, -0.25) is 9.59 Å². The third kappa shape index (κ3) is 27.6. The zero-order valence-electron chi connectivity index (χ0n) is 30.7. The minimum absolute atomic E-state index is 0.228. The fourth-order valence-corrected chi connectivity index (χ4v) is 6.19. The van der Waals surface area contributed by atoms with Gasteiger partial charge in [-0.15, -0.1) is 0 Å². The van der Waals surface area contributed by atoms with Crippen molar-refractivity contribution in [2.75, 3.05) is 0 Å². The standard InChI is InChI=1S/C42H78O3/c1-4-7-10-12-14-16-18-20-22-24-26-28-30-32-34-37-40(43)42(45,39-36-9-6-3)41(44)38-35-33-31-29-27-25-23-21-19-17-15-13-11-8-5-2/h20-23,45H,4-19,24-39H2,1-3H3/b22-20-,23-21-. The Labute approximate surface area is 281 Å². The summed E-state index contributed by atoms with van der Waals surface area (Å²) in [6.07, 6.45) is 44.6. The van der Waals surface area contributed by atoms with E-state index in [0.717, 1.165) is 70.6 Å². The highest BCUT2D eigenvalue weighted by Crippen LogP contribution is 2.24. The number of allylic oxidation sites excluding steroid dienone is 4. The van der Waals surface area contributed by atoms with Crippen LogP contribution in [0.4, 0.5) is 0 Å². The number of carbonyl (C=O) groups excluding carboxylic acids is 2. The van der Waals surface area contributed by atoms with E-state index in [1.807, 2.05) is 0 Å². The van der Waals surface area contributed by atoms with Gasteiger partial charge in [0.15, 0.2) is 17.2 Å². The molecule has 0 atom stereocenters. The van der Waals surface area contributed by atoms with Crippen molar-refractivity contribution in [2.24, 2.45) is 0 Å². The first-order valence-electron chi connectivity index (χ1n) is 20.1. The summed E-state index contributed by atoms with van der Waals surface area (Å²) in [6.45, 7) is 6.64. The minimum atomic E-state index is -1.75. The molecule has 264 valence electrons. The van der Waals surface area contributed by atoms with Crippen molar-refractivity contribution in [1.29, 1.82) is 0 Å². The zero-order valence-corrected chi connectivity index (χ0v) is 30.7. The summed E-state index contributed by atoms with van der Waals surface area (Å²) >= 11 is 0. The second-order valence-corrected chi connectivity index (χ2v) is 13.8. The van der Waals surface area contributed by atoms with Crippen molar-refractivity contribution in [1.82, 2.24) is 0 Å². The van der Waals surface area contributed by atoms with Crippen molar-refractivity contribution in [3.63, 3.8) is 0 Å². The number of aliphatic hydroxyl groups is 1. The van der Waals surface area contributed by atoms with E-state index >= 15 is 0 Å². The van der Waals surface area contributed by atoms with Crippen molar-refractivity contribution < 1.29 is 14.7 Å². The Morgan fingerprint density at radius 3 is 1.00 bits per heavy atom. The molecular weight excluding hydrogens is 552 g/mol. The Morgan fingerprint density at radius 1 is 0.400 bits per heavy atom. The molecule has 0 aromatic rings. The van der Waals surface area contributed by atoms with Gasteiger partial charge < -0.3 is 5.11 Å². The molecule has 0 spiro atoms. The van der Waals surface area contributed by atoms with E-state index < -0.39 is 5.60 Å². The van der Waals surface area contributed by atoms with Gasteiger partial charge in [-0.2, -0.15) is 0 Å². The molecule has 0 saturated heterocycles. The first-order chi connectivity index (χ1) is 22.0. The van der Waals surface area contributed by atoms with Crippen LogP contribution in [0.15, 0.2) is 24.3 Å². The summed E-state index contributed by atoms with van der Waals surface area (Å²) in [5, 5.41) is 11.3. The van der Waals surface area contributed by atoms with Gasteiger partial charge in [-0.05, 0) is 77.0 Å². The summed E-state index contributed by atoms with van der Waals surface area (Å²) < 4.78 is 0. The predicted molar refractivity (Wildman–Crippen MR) is 198 cm³/mol. The van der Waals surface area contributed by atoms with Gasteiger partial charge >= 0.3 is 0 Å². The lowest BCUT2D eigenvalue weighted by atomic mass is 9.83. The first kappa shape index (κ1) is 43.8. The molecule has 3 nitrogen and oxygen atoms in total. The molecule has 0 heterocycles. The van der Waals surface area contributed by atoms with Crippen LogP contribution in [0.3, 0.4) is 0 Å². The summed E-state index contributed by atoms with van der Waals surface area (Å²) in [6, 6.07) is 0. The number of ketones is 2. The minimum Gasteiger partial charge on any atom is -0.375 e. The highest BCUT2D eigenvalue weighted by atomic mass is 16.3. The van der Waals surface area contributed by atoms with Crippen LogP contribution < -0.4 is 0 Å². The molecule has 0 unspecified atom stereocenters. The van der Waals surface area contributed by atoms with E-state index in [-0.39, 0.29) is 11.6 Å². The molecule has 0 saturated carbocycles. The Balaban J connectivity index is 4.07. The maximum atomic E-state index is 13.1. The van der Waals surface area contributed by atoms with Crippen molar-refractivity contribution in [3.05, 3.63) is 24.3 Å². The van der Waals surface area contributed by atoms with Gasteiger partial charge in [0.1, 0.15) is 0 Å². The topological polar surface area (TPSA) is 54.4 Å². The molecule has 0 fully saturated rings. The van der Waals surface area contributed by atoms with Crippen LogP contribution in [-0.4, -0.2) is 22.3 Å². The monoisotopic (exact) mass is 631 g/mol. The fraction of sp³-hybridized carbons (Fsp3) is 0.857. The molecule has 0 aromatic heterocycles. The third-order valence-corrected chi connectivity index (χ3v) is 9.40. The van der Waals surface area contributed by atoms with E-state index in [4.69, 9.17) is 0 Å². The van der Waals surface area contributed by atoms with Crippen LogP contribution in [0, 0.1) is 0 Å². The molecular formula is C42H78O3. The molecule has 0 aliphatic heterocycles. The quantitative estimate of drug-likeness (QED) is 0.0426. The van der Waals surface area contributed by atoms with E-state index in [2.05, 4.69) is 45.1 Å². The molecule has 0 aliphatic rings. The van der Waals surface area contributed by atoms with Crippen molar-refractivity contribution in [2.45, 2.75) is 232 Å². The number of unbranched alkanes of at least 4 members (excludes halogenated alkanes) is 24. The normalized spacial score (nSPS) is 12.2. The molecule has 0 radical (unpaired) electrons. The molecule has 45 heavy (non-hydrogen) atoms. The highest BCUT2D eigenvalue weighted by Gasteiger charge is 2.41. The largest absolute Gasteiger partial charge is 0.375 e. The maximum absolute atomic E-state index is 13.1. The van der Waals surface area contributed by atoms with Crippen molar-refractivity contribution in [3.8, 4) is 0 Å². The van der Waals surface area contributed by atoms with Crippen molar-refractivity contribution >= 4 is 11.6 Å². The van der Waals surface area contributed by atoms with Crippen LogP contribution in [-0.2, 0) is 9.59 Å². The lowest BCUT2D eigenvalue weighted by molar-refractivity contribution is -0.152. The third-order valence-electron chi connectivity index (χ3n) is 9.40. The number of carbonyl (C=O) groups is 2. The Morgan fingerprint density at radius 2 is 0.667 bits per heavy atom. The van der Waals surface area contributed by atoms with E-state index in [0.29, 0.717) is 19.3 Å². The summed E-state index contributed by atoms with van der Waals surface area (Å²) in [4.78, 5) is 26.2. The lowest BCUT2D eigenvalue weighted by Gasteiger charge is -2.25. The van der Waals surface area contributed by atoms with Gasteiger partial charge in [0.25, 0.3) is 0 Å². The smallest absolute Gasteiger partial charge is 0.181 e. The average molecular weight is 631 g/mol. The van der Waals surface area contributed by atoms with E-state index in [1.54, 1.807) is 0 Å². The molecule has 1 N–H and O–H groups in total. The Bertz CT molecular complexity index is 655. The van der Waals surface area contributed by atoms with Gasteiger partial charge in [0, 0.05) is 12.8 Å². The average Bonchev–Trinajstić information content (AvgIpc) is 3.04. The van der Waals surface area contributed by atoms with Gasteiger partial charge in [0.2, 0.25) is 0 Å². The van der Waals surface area contributed by atoms with E-state index in [9.17, 15) is 14.7 Å². The fourth-order valence-electron chi connectivity index (χ4n) is 6.19. The van der Waals surface area contributed by atoms with Crippen LogP contribution in [0.5, 0.6) is 0 Å².